The molecule has 1 aromatic rings. The van der Waals surface area contributed by atoms with Gasteiger partial charge in [0.2, 0.25) is 5.91 Å². The lowest BCUT2D eigenvalue weighted by atomic mass is 10.1. The minimum atomic E-state index is -4.46. The van der Waals surface area contributed by atoms with Crippen molar-refractivity contribution in [2.24, 2.45) is 0 Å². The number of ether oxygens (including phenoxy) is 1. The van der Waals surface area contributed by atoms with Crippen LogP contribution in [-0.2, 0) is 9.53 Å². The van der Waals surface area contributed by atoms with Gasteiger partial charge in [0.25, 0.3) is 5.91 Å². The Hall–Kier alpha value is -2.09. The summed E-state index contributed by atoms with van der Waals surface area (Å²) in [6, 6.07) is 6.35. The second kappa shape index (κ2) is 8.14. The molecule has 0 saturated heterocycles. The third-order valence-electron chi connectivity index (χ3n) is 3.62. The zero-order chi connectivity index (χ0) is 17.6. The van der Waals surface area contributed by atoms with Gasteiger partial charge in [-0.15, -0.1) is 0 Å². The fourth-order valence-electron chi connectivity index (χ4n) is 2.50. The number of alkyl halides is 3. The number of nitrogens with one attached hydrogen (secondary N) is 2. The number of carbonyl (C=O) groups is 2. The molecule has 0 radical (unpaired) electrons. The molecule has 2 rings (SSSR count). The predicted octanol–water partition coefficient (Wildman–Crippen LogP) is 2.88. The van der Waals surface area contributed by atoms with Crippen molar-refractivity contribution in [3.05, 3.63) is 29.8 Å². The van der Waals surface area contributed by atoms with E-state index in [1.165, 1.54) is 12.1 Å². The summed E-state index contributed by atoms with van der Waals surface area (Å²) in [6.45, 7) is -2.16. The summed E-state index contributed by atoms with van der Waals surface area (Å²) in [5.41, 5.74) is 0.848. The molecule has 0 bridgehead atoms. The van der Waals surface area contributed by atoms with Crippen LogP contribution in [0.3, 0.4) is 0 Å². The summed E-state index contributed by atoms with van der Waals surface area (Å²) >= 11 is 0. The van der Waals surface area contributed by atoms with Crippen molar-refractivity contribution in [2.45, 2.75) is 37.9 Å². The summed E-state index contributed by atoms with van der Waals surface area (Å²) < 4.78 is 40.0. The van der Waals surface area contributed by atoms with E-state index in [1.807, 2.05) is 0 Å². The summed E-state index contributed by atoms with van der Waals surface area (Å²) in [7, 11) is 0. The molecule has 2 amide bonds. The van der Waals surface area contributed by atoms with E-state index < -0.39 is 25.3 Å². The number of hydrogen-bond acceptors (Lipinski definition) is 3. The molecule has 0 aromatic heterocycles. The zero-order valence-electron chi connectivity index (χ0n) is 13.0. The lowest BCUT2D eigenvalue weighted by Crippen LogP contribution is -2.32. The predicted molar refractivity (Wildman–Crippen MR) is 81.7 cm³/mol. The lowest BCUT2D eigenvalue weighted by Gasteiger charge is -2.12. The minimum Gasteiger partial charge on any atom is -0.362 e. The number of halogens is 3. The first-order valence-electron chi connectivity index (χ1n) is 7.69. The molecular formula is C16H19F3N2O3. The van der Waals surface area contributed by atoms with E-state index in [9.17, 15) is 22.8 Å². The van der Waals surface area contributed by atoms with E-state index in [-0.39, 0.29) is 11.9 Å². The van der Waals surface area contributed by atoms with Crippen molar-refractivity contribution < 1.29 is 27.5 Å². The van der Waals surface area contributed by atoms with Gasteiger partial charge in [0.1, 0.15) is 13.2 Å². The van der Waals surface area contributed by atoms with Crippen LogP contribution in [0.2, 0.25) is 0 Å². The Labute approximate surface area is 137 Å². The third-order valence-corrected chi connectivity index (χ3v) is 3.62. The van der Waals surface area contributed by atoms with Crippen molar-refractivity contribution in [3.8, 4) is 0 Å². The van der Waals surface area contributed by atoms with E-state index in [0.717, 1.165) is 25.7 Å². The van der Waals surface area contributed by atoms with Gasteiger partial charge in [-0.3, -0.25) is 9.59 Å². The molecule has 8 heteroatoms. The number of anilines is 1. The molecule has 1 aliphatic carbocycles. The second-order valence-corrected chi connectivity index (χ2v) is 5.69. The summed E-state index contributed by atoms with van der Waals surface area (Å²) in [5, 5.41) is 5.35. The van der Waals surface area contributed by atoms with Crippen molar-refractivity contribution >= 4 is 17.5 Å². The maximum absolute atomic E-state index is 12.0. The molecule has 24 heavy (non-hydrogen) atoms. The van der Waals surface area contributed by atoms with Gasteiger partial charge >= 0.3 is 6.18 Å². The van der Waals surface area contributed by atoms with Crippen LogP contribution in [0.5, 0.6) is 0 Å². The standard InChI is InChI=1S/C16H19F3N2O3/c17-16(18,19)10-24-9-14(22)20-13-7-5-11(6-8-13)15(23)21-12-3-1-2-4-12/h5-8,12H,1-4,9-10H2,(H,20,22)(H,21,23). The van der Waals surface area contributed by atoms with E-state index >= 15 is 0 Å². The molecule has 5 nitrogen and oxygen atoms in total. The normalized spacial score (nSPS) is 15.3. The first kappa shape index (κ1) is 18.3. The quantitative estimate of drug-likeness (QED) is 0.834. The molecule has 0 unspecified atom stereocenters. The van der Waals surface area contributed by atoms with Gasteiger partial charge in [-0.1, -0.05) is 12.8 Å². The van der Waals surface area contributed by atoms with Gasteiger partial charge < -0.3 is 15.4 Å². The van der Waals surface area contributed by atoms with E-state index in [1.54, 1.807) is 12.1 Å². The third kappa shape index (κ3) is 6.19. The molecule has 0 aliphatic heterocycles. The van der Waals surface area contributed by atoms with E-state index in [2.05, 4.69) is 15.4 Å². The Morgan fingerprint density at radius 1 is 1.12 bits per heavy atom. The Balaban J connectivity index is 1.78. The smallest absolute Gasteiger partial charge is 0.362 e. The Morgan fingerprint density at radius 2 is 1.75 bits per heavy atom. The highest BCUT2D eigenvalue weighted by Crippen LogP contribution is 2.18. The van der Waals surface area contributed by atoms with Crippen LogP contribution < -0.4 is 10.6 Å². The molecule has 1 fully saturated rings. The first-order chi connectivity index (χ1) is 11.3. The molecule has 0 atom stereocenters. The number of carbonyl (C=O) groups excluding carboxylic acids is 2. The minimum absolute atomic E-state index is 0.173. The fourth-order valence-corrected chi connectivity index (χ4v) is 2.50. The van der Waals surface area contributed by atoms with Crippen LogP contribution in [0.15, 0.2) is 24.3 Å². The molecule has 0 heterocycles. The van der Waals surface area contributed by atoms with Crippen molar-refractivity contribution in [2.75, 3.05) is 18.5 Å². The second-order valence-electron chi connectivity index (χ2n) is 5.69. The molecule has 2 N–H and O–H groups in total. The topological polar surface area (TPSA) is 67.4 Å². The molecule has 132 valence electrons. The molecule has 1 aliphatic rings. The maximum Gasteiger partial charge on any atom is 0.411 e. The van der Waals surface area contributed by atoms with Crippen LogP contribution in [0, 0.1) is 0 Å². The largest absolute Gasteiger partial charge is 0.411 e. The summed E-state index contributed by atoms with van der Waals surface area (Å²) in [6.07, 6.45) is -0.261. The monoisotopic (exact) mass is 344 g/mol. The Bertz CT molecular complexity index is 567. The highest BCUT2D eigenvalue weighted by atomic mass is 19.4. The molecule has 1 aromatic carbocycles. The van der Waals surface area contributed by atoms with Gasteiger partial charge in [-0.25, -0.2) is 0 Å². The van der Waals surface area contributed by atoms with Crippen LogP contribution >= 0.6 is 0 Å². The average Bonchev–Trinajstić information content (AvgIpc) is 2.99. The SMILES string of the molecule is O=C(COCC(F)(F)F)Nc1ccc(C(=O)NC2CCCC2)cc1. The Kier molecular flexibility index (Phi) is 6.19. The van der Waals surface area contributed by atoms with Crippen LogP contribution in [0.4, 0.5) is 18.9 Å². The van der Waals surface area contributed by atoms with E-state index in [0.29, 0.717) is 11.3 Å². The molecular weight excluding hydrogens is 325 g/mol. The summed E-state index contributed by atoms with van der Waals surface area (Å²) in [5.74, 6) is -0.865. The van der Waals surface area contributed by atoms with Gasteiger partial charge in [0.15, 0.2) is 0 Å². The fraction of sp³-hybridized carbons (Fsp3) is 0.500. The van der Waals surface area contributed by atoms with Gasteiger partial charge in [-0.05, 0) is 37.1 Å². The highest BCUT2D eigenvalue weighted by molar-refractivity contribution is 5.96. The van der Waals surface area contributed by atoms with E-state index in [4.69, 9.17) is 0 Å². The summed E-state index contributed by atoms with van der Waals surface area (Å²) in [4.78, 5) is 23.5. The van der Waals surface area contributed by atoms with Crippen molar-refractivity contribution in [1.29, 1.82) is 0 Å². The maximum atomic E-state index is 12.0. The van der Waals surface area contributed by atoms with Crippen LogP contribution in [-0.4, -0.2) is 37.2 Å². The van der Waals surface area contributed by atoms with Crippen LogP contribution in [0.1, 0.15) is 36.0 Å². The molecule has 1 saturated carbocycles. The Morgan fingerprint density at radius 3 is 2.33 bits per heavy atom. The van der Waals surface area contributed by atoms with Gasteiger partial charge in [0, 0.05) is 17.3 Å². The van der Waals surface area contributed by atoms with Crippen molar-refractivity contribution in [1.82, 2.24) is 5.32 Å². The number of hydrogen-bond donors (Lipinski definition) is 2. The van der Waals surface area contributed by atoms with Crippen molar-refractivity contribution in [3.63, 3.8) is 0 Å². The zero-order valence-corrected chi connectivity index (χ0v) is 13.0. The number of rotatable bonds is 6. The highest BCUT2D eigenvalue weighted by Gasteiger charge is 2.27. The van der Waals surface area contributed by atoms with Gasteiger partial charge in [-0.2, -0.15) is 13.2 Å². The number of benzene rings is 1. The average molecular weight is 344 g/mol. The lowest BCUT2D eigenvalue weighted by molar-refractivity contribution is -0.174. The van der Waals surface area contributed by atoms with Crippen LogP contribution in [0.25, 0.3) is 0 Å². The molecule has 0 spiro atoms. The van der Waals surface area contributed by atoms with Gasteiger partial charge in [0.05, 0.1) is 0 Å². The first-order valence-corrected chi connectivity index (χ1v) is 7.69. The number of amides is 2.